The van der Waals surface area contributed by atoms with Crippen LogP contribution in [0.3, 0.4) is 0 Å². The summed E-state index contributed by atoms with van der Waals surface area (Å²) in [5.41, 5.74) is 2.27. The van der Waals surface area contributed by atoms with Crippen molar-refractivity contribution in [2.75, 3.05) is 7.11 Å². The van der Waals surface area contributed by atoms with Crippen molar-refractivity contribution in [1.29, 1.82) is 0 Å². The van der Waals surface area contributed by atoms with Crippen molar-refractivity contribution in [3.05, 3.63) is 59.6 Å². The molecule has 0 bridgehead atoms. The maximum atomic E-state index is 12.4. The van der Waals surface area contributed by atoms with Gasteiger partial charge in [0.15, 0.2) is 5.76 Å². The van der Waals surface area contributed by atoms with Gasteiger partial charge in [-0.15, -0.1) is 0 Å². The van der Waals surface area contributed by atoms with Crippen molar-refractivity contribution in [2.24, 2.45) is 0 Å². The molecule has 100 valence electrons. The van der Waals surface area contributed by atoms with E-state index in [4.69, 9.17) is 9.15 Å². The van der Waals surface area contributed by atoms with E-state index in [9.17, 15) is 4.79 Å². The van der Waals surface area contributed by atoms with Crippen molar-refractivity contribution < 1.29 is 13.9 Å². The highest BCUT2D eigenvalue weighted by Gasteiger charge is 2.15. The number of hydrogen-bond acceptors (Lipinski definition) is 4. The number of benzene rings is 1. The third kappa shape index (κ3) is 2.16. The smallest absolute Gasteiger partial charge is 0.229 e. The molecule has 0 saturated heterocycles. The van der Waals surface area contributed by atoms with Gasteiger partial charge in [-0.05, 0) is 31.2 Å². The maximum absolute atomic E-state index is 12.4. The van der Waals surface area contributed by atoms with E-state index in [2.05, 4.69) is 4.98 Å². The Morgan fingerprint density at radius 1 is 1.20 bits per heavy atom. The lowest BCUT2D eigenvalue weighted by molar-refractivity contribution is 0.101. The summed E-state index contributed by atoms with van der Waals surface area (Å²) in [6.07, 6.45) is 3.06. The van der Waals surface area contributed by atoms with Crippen LogP contribution in [0.4, 0.5) is 0 Å². The predicted octanol–water partition coefficient (Wildman–Crippen LogP) is 3.38. The molecule has 0 radical (unpaired) electrons. The number of pyridine rings is 1. The molecule has 0 N–H and O–H groups in total. The average Bonchev–Trinajstić information content (AvgIpc) is 2.89. The van der Waals surface area contributed by atoms with Crippen molar-refractivity contribution in [1.82, 2.24) is 4.98 Å². The maximum Gasteiger partial charge on any atom is 0.229 e. The molecule has 4 nitrogen and oxygen atoms in total. The first-order valence-electron chi connectivity index (χ1n) is 6.21. The summed E-state index contributed by atoms with van der Waals surface area (Å²) in [6.45, 7) is 2.00. The van der Waals surface area contributed by atoms with E-state index in [1.807, 2.05) is 25.1 Å². The fourth-order valence-electron chi connectivity index (χ4n) is 2.07. The van der Waals surface area contributed by atoms with E-state index in [-0.39, 0.29) is 5.78 Å². The Morgan fingerprint density at radius 3 is 2.85 bits per heavy atom. The molecule has 0 amide bonds. The second-order valence-corrected chi connectivity index (χ2v) is 4.59. The molecule has 20 heavy (non-hydrogen) atoms. The third-order valence-electron chi connectivity index (χ3n) is 3.11. The molecular formula is C16H13NO3. The number of furan rings is 1. The van der Waals surface area contributed by atoms with Crippen molar-refractivity contribution in [3.8, 4) is 5.75 Å². The summed E-state index contributed by atoms with van der Waals surface area (Å²) in [4.78, 5) is 16.4. The number of fused-ring (bicyclic) bond motifs is 1. The number of rotatable bonds is 3. The molecule has 0 aliphatic carbocycles. The Labute approximate surface area is 116 Å². The van der Waals surface area contributed by atoms with Crippen LogP contribution in [0.5, 0.6) is 5.75 Å². The summed E-state index contributed by atoms with van der Waals surface area (Å²) in [5.74, 6) is 0.647. The van der Waals surface area contributed by atoms with E-state index < -0.39 is 0 Å². The molecule has 0 atom stereocenters. The summed E-state index contributed by atoms with van der Waals surface area (Å²) >= 11 is 0. The monoisotopic (exact) mass is 267 g/mol. The highest BCUT2D eigenvalue weighted by molar-refractivity contribution is 6.09. The van der Waals surface area contributed by atoms with Crippen LogP contribution in [0.25, 0.3) is 11.0 Å². The lowest BCUT2D eigenvalue weighted by Gasteiger charge is -2.00. The standard InChI is InChI=1S/C16H13NO3/c1-10-3-4-14-11(5-10)7-15(20-14)16(18)12-6-13(19-2)9-17-8-12/h3-9H,1-2H3. The zero-order chi connectivity index (χ0) is 14.1. The first kappa shape index (κ1) is 12.4. The Balaban J connectivity index is 2.03. The van der Waals surface area contributed by atoms with E-state index in [1.165, 1.54) is 13.3 Å². The van der Waals surface area contributed by atoms with Crippen LogP contribution in [0.15, 0.2) is 47.1 Å². The van der Waals surface area contributed by atoms with Crippen LogP contribution in [0, 0.1) is 6.92 Å². The van der Waals surface area contributed by atoms with Gasteiger partial charge in [-0.3, -0.25) is 9.78 Å². The fraction of sp³-hybridized carbons (Fsp3) is 0.125. The van der Waals surface area contributed by atoms with Gasteiger partial charge in [-0.2, -0.15) is 0 Å². The Kier molecular flexibility index (Phi) is 2.99. The van der Waals surface area contributed by atoms with E-state index in [1.54, 1.807) is 18.3 Å². The van der Waals surface area contributed by atoms with Crippen molar-refractivity contribution in [3.63, 3.8) is 0 Å². The molecule has 0 saturated carbocycles. The number of carbonyl (C=O) groups excluding carboxylic acids is 1. The quantitative estimate of drug-likeness (QED) is 0.683. The lowest BCUT2D eigenvalue weighted by Crippen LogP contribution is -2.00. The van der Waals surface area contributed by atoms with Gasteiger partial charge in [0.25, 0.3) is 0 Å². The fourth-order valence-corrected chi connectivity index (χ4v) is 2.07. The lowest BCUT2D eigenvalue weighted by atomic mass is 10.1. The number of ketones is 1. The van der Waals surface area contributed by atoms with E-state index >= 15 is 0 Å². The van der Waals surface area contributed by atoms with Gasteiger partial charge in [-0.1, -0.05) is 11.6 Å². The van der Waals surface area contributed by atoms with Crippen LogP contribution < -0.4 is 4.74 Å². The number of aromatic nitrogens is 1. The molecule has 0 aliphatic heterocycles. The first-order valence-corrected chi connectivity index (χ1v) is 6.21. The second kappa shape index (κ2) is 4.81. The van der Waals surface area contributed by atoms with E-state index in [0.717, 1.165) is 10.9 Å². The zero-order valence-corrected chi connectivity index (χ0v) is 11.2. The minimum Gasteiger partial charge on any atom is -0.495 e. The minimum atomic E-state index is -0.203. The molecule has 2 aromatic heterocycles. The molecule has 2 heterocycles. The Hall–Kier alpha value is -2.62. The van der Waals surface area contributed by atoms with Crippen LogP contribution >= 0.6 is 0 Å². The Bertz CT molecular complexity index is 789. The summed E-state index contributed by atoms with van der Waals surface area (Å²) in [7, 11) is 1.54. The van der Waals surface area contributed by atoms with Crippen molar-refractivity contribution >= 4 is 16.8 Å². The van der Waals surface area contributed by atoms with Gasteiger partial charge in [0, 0.05) is 17.1 Å². The zero-order valence-electron chi connectivity index (χ0n) is 11.2. The van der Waals surface area contributed by atoms with Crippen LogP contribution in [0.2, 0.25) is 0 Å². The molecule has 0 spiro atoms. The second-order valence-electron chi connectivity index (χ2n) is 4.59. The molecule has 3 aromatic rings. The predicted molar refractivity (Wildman–Crippen MR) is 75.2 cm³/mol. The molecule has 0 aliphatic rings. The van der Waals surface area contributed by atoms with Gasteiger partial charge in [0.2, 0.25) is 5.78 Å². The third-order valence-corrected chi connectivity index (χ3v) is 3.11. The number of aryl methyl sites for hydroxylation is 1. The van der Waals surface area contributed by atoms with Crippen LogP contribution in [-0.4, -0.2) is 17.9 Å². The highest BCUT2D eigenvalue weighted by atomic mass is 16.5. The number of carbonyl (C=O) groups is 1. The highest BCUT2D eigenvalue weighted by Crippen LogP contribution is 2.23. The molecular weight excluding hydrogens is 254 g/mol. The summed E-state index contributed by atoms with van der Waals surface area (Å²) in [6, 6.07) is 9.20. The van der Waals surface area contributed by atoms with Gasteiger partial charge in [0.05, 0.1) is 13.3 Å². The number of methoxy groups -OCH3 is 1. The van der Waals surface area contributed by atoms with Crippen molar-refractivity contribution in [2.45, 2.75) is 6.92 Å². The summed E-state index contributed by atoms with van der Waals surface area (Å²) < 4.78 is 10.7. The topological polar surface area (TPSA) is 52.3 Å². The minimum absolute atomic E-state index is 0.203. The van der Waals surface area contributed by atoms with Crippen LogP contribution in [-0.2, 0) is 0 Å². The largest absolute Gasteiger partial charge is 0.495 e. The van der Waals surface area contributed by atoms with E-state index in [0.29, 0.717) is 22.7 Å². The molecule has 4 heteroatoms. The van der Waals surface area contributed by atoms with Gasteiger partial charge >= 0.3 is 0 Å². The first-order chi connectivity index (χ1) is 9.67. The van der Waals surface area contributed by atoms with Crippen LogP contribution in [0.1, 0.15) is 21.7 Å². The molecule has 0 fully saturated rings. The van der Waals surface area contributed by atoms with Gasteiger partial charge in [0.1, 0.15) is 11.3 Å². The molecule has 3 rings (SSSR count). The molecule has 0 unspecified atom stereocenters. The average molecular weight is 267 g/mol. The number of hydrogen-bond donors (Lipinski definition) is 0. The summed E-state index contributed by atoms with van der Waals surface area (Å²) in [5, 5.41) is 0.921. The Morgan fingerprint density at radius 2 is 2.05 bits per heavy atom. The normalized spacial score (nSPS) is 10.7. The van der Waals surface area contributed by atoms with Gasteiger partial charge in [-0.25, -0.2) is 0 Å². The number of ether oxygens (including phenoxy) is 1. The SMILES string of the molecule is COc1cncc(C(=O)c2cc3cc(C)ccc3o2)c1. The van der Waals surface area contributed by atoms with Gasteiger partial charge < -0.3 is 9.15 Å². The number of nitrogens with zero attached hydrogens (tertiary/aromatic N) is 1. The molecule has 1 aromatic carbocycles.